The molecule has 0 radical (unpaired) electrons. The maximum absolute atomic E-state index is 12.8. The van der Waals surface area contributed by atoms with Crippen LogP contribution in [0.2, 0.25) is 5.02 Å². The first-order valence-electron chi connectivity index (χ1n) is 9.61. The zero-order valence-corrected chi connectivity index (χ0v) is 16.7. The number of benzene rings is 2. The Morgan fingerprint density at radius 1 is 1.18 bits per heavy atom. The van der Waals surface area contributed by atoms with Crippen LogP contribution in [0.5, 0.6) is 5.75 Å². The van der Waals surface area contributed by atoms with E-state index in [4.69, 9.17) is 16.3 Å². The molecule has 0 aliphatic carbocycles. The van der Waals surface area contributed by atoms with Crippen molar-refractivity contribution in [2.45, 2.75) is 26.3 Å². The summed E-state index contributed by atoms with van der Waals surface area (Å²) in [5, 5.41) is 3.43. The summed E-state index contributed by atoms with van der Waals surface area (Å²) in [5.41, 5.74) is 1.50. The first kappa shape index (κ1) is 20.2. The van der Waals surface area contributed by atoms with Gasteiger partial charge in [-0.1, -0.05) is 35.9 Å². The molecule has 0 saturated carbocycles. The van der Waals surface area contributed by atoms with Crippen molar-refractivity contribution in [2.75, 3.05) is 19.7 Å². The molecule has 1 atom stereocenters. The van der Waals surface area contributed by atoms with Crippen molar-refractivity contribution in [2.24, 2.45) is 5.92 Å². The van der Waals surface area contributed by atoms with Gasteiger partial charge >= 0.3 is 0 Å². The Labute approximate surface area is 170 Å². The molecule has 0 aromatic heterocycles. The van der Waals surface area contributed by atoms with E-state index < -0.39 is 0 Å². The highest BCUT2D eigenvalue weighted by Gasteiger charge is 2.29. The molecular weight excluding hydrogens is 376 g/mol. The second kappa shape index (κ2) is 9.60. The summed E-state index contributed by atoms with van der Waals surface area (Å²) in [4.78, 5) is 27.1. The quantitative estimate of drug-likeness (QED) is 0.799. The number of likely N-dealkylation sites (tertiary alicyclic amines) is 1. The molecule has 2 aromatic carbocycles. The number of amides is 2. The van der Waals surface area contributed by atoms with Crippen molar-refractivity contribution in [1.29, 1.82) is 0 Å². The predicted molar refractivity (Wildman–Crippen MR) is 110 cm³/mol. The smallest absolute Gasteiger partial charge is 0.255 e. The zero-order chi connectivity index (χ0) is 19.9. The SMILES string of the molecule is CCOc1ccc(CNC(=O)[C@H]2CCCN(C(=O)c3ccccc3Cl)C2)cc1. The van der Waals surface area contributed by atoms with Crippen LogP contribution < -0.4 is 10.1 Å². The van der Waals surface area contributed by atoms with E-state index in [9.17, 15) is 9.59 Å². The van der Waals surface area contributed by atoms with E-state index in [1.165, 1.54) is 0 Å². The second-order valence-corrected chi connectivity index (χ2v) is 7.27. The second-order valence-electron chi connectivity index (χ2n) is 6.86. The highest BCUT2D eigenvalue weighted by Crippen LogP contribution is 2.22. The lowest BCUT2D eigenvalue weighted by molar-refractivity contribution is -0.126. The van der Waals surface area contributed by atoms with Crippen LogP contribution in [0, 0.1) is 5.92 Å². The molecule has 2 amide bonds. The number of ether oxygens (including phenoxy) is 1. The lowest BCUT2D eigenvalue weighted by atomic mass is 9.96. The van der Waals surface area contributed by atoms with Crippen molar-refractivity contribution < 1.29 is 14.3 Å². The first-order chi connectivity index (χ1) is 13.6. The van der Waals surface area contributed by atoms with Gasteiger partial charge < -0.3 is 15.0 Å². The van der Waals surface area contributed by atoms with Gasteiger partial charge in [0, 0.05) is 19.6 Å². The summed E-state index contributed by atoms with van der Waals surface area (Å²) < 4.78 is 5.43. The van der Waals surface area contributed by atoms with Crippen LogP contribution in [-0.2, 0) is 11.3 Å². The number of hydrogen-bond acceptors (Lipinski definition) is 3. The summed E-state index contributed by atoms with van der Waals surface area (Å²) in [7, 11) is 0. The summed E-state index contributed by atoms with van der Waals surface area (Å²) in [5.74, 6) is 0.474. The van der Waals surface area contributed by atoms with Crippen LogP contribution in [0.15, 0.2) is 48.5 Å². The summed E-state index contributed by atoms with van der Waals surface area (Å²) >= 11 is 6.15. The van der Waals surface area contributed by atoms with Crippen molar-refractivity contribution in [3.63, 3.8) is 0 Å². The molecule has 3 rings (SSSR count). The average Bonchev–Trinajstić information content (AvgIpc) is 2.73. The third-order valence-corrected chi connectivity index (χ3v) is 5.21. The van der Waals surface area contributed by atoms with Gasteiger partial charge in [0.15, 0.2) is 0 Å². The van der Waals surface area contributed by atoms with E-state index in [1.807, 2.05) is 31.2 Å². The molecule has 0 unspecified atom stereocenters. The standard InChI is InChI=1S/C22H25ClN2O3/c1-2-28-18-11-9-16(10-12-18)14-24-21(26)17-6-5-13-25(15-17)22(27)19-7-3-4-8-20(19)23/h3-4,7-12,17H,2,5-6,13-15H2,1H3,(H,24,26)/t17-/m0/s1. The number of halogens is 1. The van der Waals surface area contributed by atoms with E-state index in [0.717, 1.165) is 24.2 Å². The molecule has 148 valence electrons. The van der Waals surface area contributed by atoms with Crippen LogP contribution in [0.3, 0.4) is 0 Å². The predicted octanol–water partition coefficient (Wildman–Crippen LogP) is 3.91. The normalized spacial score (nSPS) is 16.5. The Balaban J connectivity index is 1.55. The maximum Gasteiger partial charge on any atom is 0.255 e. The molecule has 5 nitrogen and oxygen atoms in total. The van der Waals surface area contributed by atoms with E-state index in [2.05, 4.69) is 5.32 Å². The number of hydrogen-bond donors (Lipinski definition) is 1. The van der Waals surface area contributed by atoms with E-state index >= 15 is 0 Å². The van der Waals surface area contributed by atoms with Crippen LogP contribution in [0.4, 0.5) is 0 Å². The van der Waals surface area contributed by atoms with Crippen LogP contribution in [0.25, 0.3) is 0 Å². The molecule has 2 aromatic rings. The number of rotatable bonds is 6. The highest BCUT2D eigenvalue weighted by atomic mass is 35.5. The summed E-state index contributed by atoms with van der Waals surface area (Å²) in [6, 6.07) is 14.7. The van der Waals surface area contributed by atoms with Gasteiger partial charge in [0.05, 0.1) is 23.1 Å². The fourth-order valence-corrected chi connectivity index (χ4v) is 3.60. The van der Waals surface area contributed by atoms with Gasteiger partial charge in [0.2, 0.25) is 5.91 Å². The Morgan fingerprint density at radius 3 is 2.64 bits per heavy atom. The topological polar surface area (TPSA) is 58.6 Å². The highest BCUT2D eigenvalue weighted by molar-refractivity contribution is 6.33. The first-order valence-corrected chi connectivity index (χ1v) is 9.99. The molecular formula is C22H25ClN2O3. The number of nitrogens with zero attached hydrogens (tertiary/aromatic N) is 1. The Morgan fingerprint density at radius 2 is 1.93 bits per heavy atom. The molecule has 1 aliphatic rings. The van der Waals surface area contributed by atoms with Gasteiger partial charge in [-0.2, -0.15) is 0 Å². The Kier molecular flexibility index (Phi) is 6.93. The van der Waals surface area contributed by atoms with Crippen molar-refractivity contribution in [3.05, 3.63) is 64.7 Å². The molecule has 1 fully saturated rings. The number of carbonyl (C=O) groups is 2. The minimum atomic E-state index is -0.206. The van der Waals surface area contributed by atoms with Gasteiger partial charge in [0.25, 0.3) is 5.91 Å². The number of carbonyl (C=O) groups excluding carboxylic acids is 2. The monoisotopic (exact) mass is 400 g/mol. The van der Waals surface area contributed by atoms with Gasteiger partial charge in [-0.05, 0) is 49.6 Å². The third-order valence-electron chi connectivity index (χ3n) is 4.88. The van der Waals surface area contributed by atoms with E-state index in [0.29, 0.717) is 36.8 Å². The van der Waals surface area contributed by atoms with Crippen LogP contribution >= 0.6 is 11.6 Å². The van der Waals surface area contributed by atoms with Gasteiger partial charge in [-0.15, -0.1) is 0 Å². The summed E-state index contributed by atoms with van der Waals surface area (Å²) in [6.07, 6.45) is 1.58. The summed E-state index contributed by atoms with van der Waals surface area (Å²) in [6.45, 7) is 4.09. The molecule has 1 saturated heterocycles. The van der Waals surface area contributed by atoms with Gasteiger partial charge in [-0.3, -0.25) is 9.59 Å². The maximum atomic E-state index is 12.8. The molecule has 28 heavy (non-hydrogen) atoms. The van der Waals surface area contributed by atoms with Gasteiger partial charge in [0.1, 0.15) is 5.75 Å². The van der Waals surface area contributed by atoms with Gasteiger partial charge in [-0.25, -0.2) is 0 Å². The van der Waals surface area contributed by atoms with Crippen molar-refractivity contribution in [3.8, 4) is 5.75 Å². The zero-order valence-electron chi connectivity index (χ0n) is 16.0. The van der Waals surface area contributed by atoms with E-state index in [1.54, 1.807) is 29.2 Å². The molecule has 0 bridgehead atoms. The molecule has 0 spiro atoms. The largest absolute Gasteiger partial charge is 0.494 e. The minimum absolute atomic E-state index is 0.0226. The lowest BCUT2D eigenvalue weighted by Crippen LogP contribution is -2.45. The Bertz CT molecular complexity index is 823. The van der Waals surface area contributed by atoms with E-state index in [-0.39, 0.29) is 17.7 Å². The van der Waals surface area contributed by atoms with Crippen molar-refractivity contribution in [1.82, 2.24) is 10.2 Å². The number of piperidine rings is 1. The minimum Gasteiger partial charge on any atom is -0.494 e. The molecule has 1 heterocycles. The average molecular weight is 401 g/mol. The lowest BCUT2D eigenvalue weighted by Gasteiger charge is -2.32. The van der Waals surface area contributed by atoms with Crippen LogP contribution in [0.1, 0.15) is 35.7 Å². The van der Waals surface area contributed by atoms with Crippen molar-refractivity contribution >= 4 is 23.4 Å². The fourth-order valence-electron chi connectivity index (χ4n) is 3.38. The Hall–Kier alpha value is -2.53. The number of nitrogens with one attached hydrogen (secondary N) is 1. The fraction of sp³-hybridized carbons (Fsp3) is 0.364. The third kappa shape index (κ3) is 5.04. The molecule has 1 aliphatic heterocycles. The molecule has 6 heteroatoms. The van der Waals surface area contributed by atoms with Crippen LogP contribution in [-0.4, -0.2) is 36.4 Å². The molecule has 1 N–H and O–H groups in total.